The first-order chi connectivity index (χ1) is 5.43. The first-order valence-electron chi connectivity index (χ1n) is 2.54. The topological polar surface area (TPSA) is 61.7 Å². The molecule has 0 spiro atoms. The second kappa shape index (κ2) is 4.66. The van der Waals surface area contributed by atoms with E-state index in [1.807, 2.05) is 0 Å². The summed E-state index contributed by atoms with van der Waals surface area (Å²) < 4.78 is 45.7. The molecule has 0 aromatic rings. The van der Waals surface area contributed by atoms with Crippen LogP contribution in [0.3, 0.4) is 0 Å². The maximum Gasteiger partial charge on any atom is 0.216 e. The second-order valence-corrected chi connectivity index (χ2v) is 1.65. The number of rotatable bonds is 5. The number of nitrogens with one attached hydrogen (secondary N) is 1. The third-order valence-corrected chi connectivity index (χ3v) is 0.801. The summed E-state index contributed by atoms with van der Waals surface area (Å²) in [5.41, 5.74) is 0.987. The fourth-order valence-corrected chi connectivity index (χ4v) is 0.399. The van der Waals surface area contributed by atoms with Gasteiger partial charge in [-0.25, -0.2) is 10.1 Å². The molecule has 1 N–H and O–H groups in total. The van der Waals surface area contributed by atoms with Crippen molar-refractivity contribution in [1.29, 1.82) is 0 Å². The Morgan fingerprint density at radius 2 is 1.92 bits per heavy atom. The Morgan fingerprint density at radius 1 is 1.42 bits per heavy atom. The van der Waals surface area contributed by atoms with E-state index in [9.17, 15) is 28.0 Å². The molecule has 0 aliphatic carbocycles. The lowest BCUT2D eigenvalue weighted by atomic mass is 10.5. The summed E-state index contributed by atoms with van der Waals surface area (Å²) in [6, 6.07) is 0. The molecule has 0 aromatic carbocycles. The lowest BCUT2D eigenvalue weighted by molar-refractivity contribution is -0.564. The van der Waals surface area contributed by atoms with E-state index in [0.29, 0.717) is 0 Å². The molecule has 0 amide bonds. The van der Waals surface area contributed by atoms with E-state index in [2.05, 4.69) is 0 Å². The SMILES string of the molecule is O=[N+]([O-])NC(CN(F)F)N(F)F. The van der Waals surface area contributed by atoms with Crippen molar-refractivity contribution in [2.45, 2.75) is 6.17 Å². The van der Waals surface area contributed by atoms with Gasteiger partial charge in [0.05, 0.1) is 5.34 Å². The largest absolute Gasteiger partial charge is 0.235 e. The molecular weight excluding hydrogens is 188 g/mol. The van der Waals surface area contributed by atoms with Crippen LogP contribution in [0.15, 0.2) is 0 Å². The van der Waals surface area contributed by atoms with Gasteiger partial charge in [0.2, 0.25) is 6.17 Å². The van der Waals surface area contributed by atoms with Crippen LogP contribution >= 0.6 is 0 Å². The normalized spacial score (nSPS) is 13.5. The summed E-state index contributed by atoms with van der Waals surface area (Å²) in [6.07, 6.45) is -2.34. The van der Waals surface area contributed by atoms with E-state index in [1.165, 1.54) is 0 Å². The molecule has 0 aliphatic rings. The predicted molar refractivity (Wildman–Crippen MR) is 26.9 cm³/mol. The highest BCUT2D eigenvalue weighted by atomic mass is 19.4. The molecule has 0 saturated heterocycles. The highest BCUT2D eigenvalue weighted by molar-refractivity contribution is 4.51. The van der Waals surface area contributed by atoms with Crippen LogP contribution in [0.25, 0.3) is 0 Å². The lowest BCUT2D eigenvalue weighted by Gasteiger charge is -2.12. The number of hydrogen-bond donors (Lipinski definition) is 1. The molecule has 0 bridgehead atoms. The summed E-state index contributed by atoms with van der Waals surface area (Å²) in [6.45, 7) is -1.48. The van der Waals surface area contributed by atoms with E-state index < -0.39 is 28.4 Å². The number of hydrazine groups is 1. The van der Waals surface area contributed by atoms with Gasteiger partial charge in [-0.3, -0.25) is 0 Å². The van der Waals surface area contributed by atoms with Crippen molar-refractivity contribution < 1.29 is 23.0 Å². The van der Waals surface area contributed by atoms with Crippen LogP contribution in [0, 0.1) is 10.1 Å². The molecule has 0 aromatic heterocycles. The number of nitrogens with zero attached hydrogens (tertiary/aromatic N) is 3. The van der Waals surface area contributed by atoms with Crippen LogP contribution in [-0.4, -0.2) is 28.4 Å². The van der Waals surface area contributed by atoms with E-state index >= 15 is 0 Å². The number of halogens is 4. The van der Waals surface area contributed by atoms with Crippen LogP contribution in [0.5, 0.6) is 0 Å². The molecule has 6 nitrogen and oxygen atoms in total. The summed E-state index contributed by atoms with van der Waals surface area (Å²) in [5.74, 6) is 0. The zero-order valence-corrected chi connectivity index (χ0v) is 5.45. The van der Waals surface area contributed by atoms with Gasteiger partial charge in [0.1, 0.15) is 6.54 Å². The lowest BCUT2D eigenvalue weighted by Crippen LogP contribution is -2.46. The van der Waals surface area contributed by atoms with Crippen molar-refractivity contribution in [1.82, 2.24) is 16.1 Å². The van der Waals surface area contributed by atoms with E-state index in [0.717, 1.165) is 5.43 Å². The minimum atomic E-state index is -2.34. The van der Waals surface area contributed by atoms with Crippen LogP contribution in [0.1, 0.15) is 0 Å². The minimum Gasteiger partial charge on any atom is -0.235 e. The molecule has 1 unspecified atom stereocenters. The summed E-state index contributed by atoms with van der Waals surface area (Å²) in [4.78, 5) is 9.57. The molecular formula is C2H4F4N4O2. The van der Waals surface area contributed by atoms with Gasteiger partial charge in [-0.1, -0.05) is 8.96 Å². The Morgan fingerprint density at radius 3 is 2.17 bits per heavy atom. The van der Waals surface area contributed by atoms with Gasteiger partial charge in [0.25, 0.3) is 0 Å². The molecule has 0 radical (unpaired) electrons. The van der Waals surface area contributed by atoms with E-state index in [-0.39, 0.29) is 0 Å². The molecule has 0 rings (SSSR count). The zero-order chi connectivity index (χ0) is 9.72. The van der Waals surface area contributed by atoms with Gasteiger partial charge >= 0.3 is 0 Å². The maximum absolute atomic E-state index is 11.5. The molecule has 72 valence electrons. The summed E-state index contributed by atoms with van der Waals surface area (Å²) >= 11 is 0. The Balaban J connectivity index is 3.95. The molecule has 0 fully saturated rings. The molecule has 0 heterocycles. The third kappa shape index (κ3) is 4.62. The summed E-state index contributed by atoms with van der Waals surface area (Å²) in [5, 5.41) is 4.93. The standard InChI is InChI=1S/C2H4F4N4O2/c3-8(4)1-2(9(5)6)7-10(11)12/h2,7H,1H2. The van der Waals surface area contributed by atoms with E-state index in [4.69, 9.17) is 0 Å². The molecule has 1 atom stereocenters. The van der Waals surface area contributed by atoms with Crippen LogP contribution in [-0.2, 0) is 0 Å². The number of nitro groups is 1. The highest BCUT2D eigenvalue weighted by Crippen LogP contribution is 2.01. The average Bonchev–Trinajstić information content (AvgIpc) is 1.83. The van der Waals surface area contributed by atoms with E-state index in [1.54, 1.807) is 0 Å². The average molecular weight is 192 g/mol. The van der Waals surface area contributed by atoms with Crippen molar-refractivity contribution in [3.8, 4) is 0 Å². The Kier molecular flexibility index (Phi) is 4.21. The molecule has 0 saturated carbocycles. The van der Waals surface area contributed by atoms with Gasteiger partial charge < -0.3 is 0 Å². The van der Waals surface area contributed by atoms with Crippen molar-refractivity contribution >= 4 is 0 Å². The Labute approximate surface area is 63.2 Å². The minimum absolute atomic E-state index is 0.987. The molecule has 10 heteroatoms. The third-order valence-electron chi connectivity index (χ3n) is 0.801. The van der Waals surface area contributed by atoms with Crippen molar-refractivity contribution in [3.63, 3.8) is 0 Å². The van der Waals surface area contributed by atoms with Gasteiger partial charge in [0.15, 0.2) is 5.03 Å². The smallest absolute Gasteiger partial charge is 0.216 e. The van der Waals surface area contributed by atoms with Crippen LogP contribution in [0.4, 0.5) is 17.9 Å². The van der Waals surface area contributed by atoms with Crippen LogP contribution < -0.4 is 5.43 Å². The predicted octanol–water partition coefficient (Wildman–Crippen LogP) is 0.236. The van der Waals surface area contributed by atoms with Gasteiger partial charge in [0, 0.05) is 5.34 Å². The highest BCUT2D eigenvalue weighted by Gasteiger charge is 2.26. The Hall–Kier alpha value is -1.16. The first-order valence-corrected chi connectivity index (χ1v) is 2.54. The summed E-state index contributed by atoms with van der Waals surface area (Å²) in [7, 11) is 0. The Bertz CT molecular complexity index is 154. The second-order valence-electron chi connectivity index (χ2n) is 1.65. The monoisotopic (exact) mass is 192 g/mol. The molecule has 0 aliphatic heterocycles. The maximum atomic E-state index is 11.5. The first kappa shape index (κ1) is 10.8. The quantitative estimate of drug-likeness (QED) is 0.222. The zero-order valence-electron chi connectivity index (χ0n) is 5.45. The fourth-order valence-electron chi connectivity index (χ4n) is 0.399. The van der Waals surface area contributed by atoms with Crippen molar-refractivity contribution in [3.05, 3.63) is 10.1 Å². The van der Waals surface area contributed by atoms with Gasteiger partial charge in [-0.2, -0.15) is 0 Å². The van der Waals surface area contributed by atoms with Crippen molar-refractivity contribution in [2.24, 2.45) is 0 Å². The number of hydrogen-bond acceptors (Lipinski definition) is 4. The van der Waals surface area contributed by atoms with Gasteiger partial charge in [-0.15, -0.1) is 14.4 Å². The van der Waals surface area contributed by atoms with Crippen molar-refractivity contribution in [2.75, 3.05) is 6.54 Å². The van der Waals surface area contributed by atoms with Crippen LogP contribution in [0.2, 0.25) is 0 Å². The molecule has 12 heavy (non-hydrogen) atoms. The van der Waals surface area contributed by atoms with Gasteiger partial charge in [-0.05, 0) is 0 Å². The fraction of sp³-hybridized carbons (Fsp3) is 1.00.